The summed E-state index contributed by atoms with van der Waals surface area (Å²) in [4.78, 5) is 4.94. The molecule has 176 valence electrons. The van der Waals surface area contributed by atoms with Crippen molar-refractivity contribution in [2.45, 2.75) is 64.7 Å². The second-order valence-electron chi connectivity index (χ2n) is 10.8. The summed E-state index contributed by atoms with van der Waals surface area (Å²) in [6.07, 6.45) is 6.70. The zero-order valence-corrected chi connectivity index (χ0v) is 21.4. The molecule has 3 aromatic carbocycles. The monoisotopic (exact) mass is 457 g/mol. The Kier molecular flexibility index (Phi) is 5.40. The molecule has 0 N–H and O–H groups in total. The van der Waals surface area contributed by atoms with Crippen molar-refractivity contribution in [1.82, 2.24) is 4.98 Å². The van der Waals surface area contributed by atoms with E-state index in [1.807, 2.05) is 6.20 Å². The molecule has 1 nitrogen and oxygen atoms in total. The lowest BCUT2D eigenvalue weighted by molar-refractivity contribution is 0.559. The zero-order chi connectivity index (χ0) is 24.2. The van der Waals surface area contributed by atoms with E-state index in [2.05, 4.69) is 100 Å². The van der Waals surface area contributed by atoms with Crippen molar-refractivity contribution in [2.24, 2.45) is 5.92 Å². The standard InChI is InChI=1S/C34H35N/c1-5-10-23(4)25-15-17-27-26-16-14-24(19-22(3)6-2)20-31(26)34(32(27)21-25)29-12-8-7-11-28(29)33-30(34)13-9-18-35-33/h7-9,11-18,20-23H,5-6,10,19H2,1-4H3. The van der Waals surface area contributed by atoms with Crippen LogP contribution in [0.4, 0.5) is 0 Å². The molecule has 1 heteroatoms. The Hall–Kier alpha value is -3.19. The first-order valence-corrected chi connectivity index (χ1v) is 13.4. The molecular formula is C34H35N. The smallest absolute Gasteiger partial charge is 0.0753 e. The van der Waals surface area contributed by atoms with Crippen LogP contribution >= 0.6 is 0 Å². The Balaban J connectivity index is 1.68. The van der Waals surface area contributed by atoms with Gasteiger partial charge in [-0.15, -0.1) is 0 Å². The van der Waals surface area contributed by atoms with Crippen LogP contribution in [0.15, 0.2) is 79.0 Å². The van der Waals surface area contributed by atoms with Gasteiger partial charge in [-0.3, -0.25) is 4.98 Å². The fraction of sp³-hybridized carbons (Fsp3) is 0.324. The van der Waals surface area contributed by atoms with E-state index in [1.54, 1.807) is 0 Å². The largest absolute Gasteiger partial charge is 0.256 e. The fourth-order valence-corrected chi connectivity index (χ4v) is 6.63. The molecule has 2 aliphatic carbocycles. The van der Waals surface area contributed by atoms with Gasteiger partial charge in [0.2, 0.25) is 0 Å². The summed E-state index contributed by atoms with van der Waals surface area (Å²) in [5.41, 5.74) is 13.4. The topological polar surface area (TPSA) is 12.9 Å². The zero-order valence-electron chi connectivity index (χ0n) is 21.4. The molecule has 35 heavy (non-hydrogen) atoms. The summed E-state index contributed by atoms with van der Waals surface area (Å²) < 4.78 is 0. The minimum atomic E-state index is -0.293. The maximum absolute atomic E-state index is 4.94. The quantitative estimate of drug-likeness (QED) is 0.243. The molecule has 0 amide bonds. The molecule has 0 saturated carbocycles. The van der Waals surface area contributed by atoms with E-state index in [0.29, 0.717) is 11.8 Å². The summed E-state index contributed by atoms with van der Waals surface area (Å²) >= 11 is 0. The average molecular weight is 458 g/mol. The van der Waals surface area contributed by atoms with E-state index < -0.39 is 0 Å². The van der Waals surface area contributed by atoms with Crippen LogP contribution in [0.5, 0.6) is 0 Å². The normalized spacial score (nSPS) is 18.6. The van der Waals surface area contributed by atoms with Crippen LogP contribution in [0.25, 0.3) is 22.4 Å². The van der Waals surface area contributed by atoms with Gasteiger partial charge in [-0.05, 0) is 75.3 Å². The van der Waals surface area contributed by atoms with Crippen LogP contribution in [-0.4, -0.2) is 4.98 Å². The van der Waals surface area contributed by atoms with Crippen molar-refractivity contribution in [3.8, 4) is 22.4 Å². The van der Waals surface area contributed by atoms with Crippen molar-refractivity contribution < 1.29 is 0 Å². The van der Waals surface area contributed by atoms with Gasteiger partial charge in [0, 0.05) is 11.8 Å². The van der Waals surface area contributed by atoms with Gasteiger partial charge in [-0.25, -0.2) is 0 Å². The molecule has 6 rings (SSSR count). The van der Waals surface area contributed by atoms with Gasteiger partial charge in [-0.1, -0.05) is 107 Å². The molecule has 0 aliphatic heterocycles. The molecule has 0 fully saturated rings. The number of rotatable bonds is 6. The fourth-order valence-electron chi connectivity index (χ4n) is 6.63. The summed E-state index contributed by atoms with van der Waals surface area (Å²) in [7, 11) is 0. The molecule has 0 saturated heterocycles. The van der Waals surface area contributed by atoms with E-state index in [1.165, 1.54) is 69.3 Å². The first-order chi connectivity index (χ1) is 17.1. The van der Waals surface area contributed by atoms with Gasteiger partial charge in [0.25, 0.3) is 0 Å². The summed E-state index contributed by atoms with van der Waals surface area (Å²) in [5.74, 6) is 1.23. The van der Waals surface area contributed by atoms with Crippen LogP contribution in [0.3, 0.4) is 0 Å². The molecule has 1 spiro atoms. The summed E-state index contributed by atoms with van der Waals surface area (Å²) in [6, 6.07) is 28.0. The number of benzene rings is 3. The Labute approximate surface area is 210 Å². The van der Waals surface area contributed by atoms with Crippen molar-refractivity contribution in [2.75, 3.05) is 0 Å². The van der Waals surface area contributed by atoms with Crippen LogP contribution in [0.2, 0.25) is 0 Å². The van der Waals surface area contributed by atoms with Gasteiger partial charge < -0.3 is 0 Å². The number of hydrogen-bond donors (Lipinski definition) is 0. The lowest BCUT2D eigenvalue weighted by Crippen LogP contribution is -2.26. The number of hydrogen-bond acceptors (Lipinski definition) is 1. The summed E-state index contributed by atoms with van der Waals surface area (Å²) in [6.45, 7) is 9.32. The molecular weight excluding hydrogens is 422 g/mol. The first-order valence-electron chi connectivity index (χ1n) is 13.4. The second-order valence-corrected chi connectivity index (χ2v) is 10.8. The highest BCUT2D eigenvalue weighted by atomic mass is 14.7. The number of fused-ring (bicyclic) bond motifs is 10. The minimum absolute atomic E-state index is 0.293. The third-order valence-electron chi connectivity index (χ3n) is 8.60. The van der Waals surface area contributed by atoms with E-state index in [0.717, 1.165) is 12.1 Å². The second kappa shape index (κ2) is 8.48. The molecule has 3 unspecified atom stereocenters. The van der Waals surface area contributed by atoms with Crippen LogP contribution in [-0.2, 0) is 11.8 Å². The molecule has 1 aromatic heterocycles. The summed E-state index contributed by atoms with van der Waals surface area (Å²) in [5, 5.41) is 0. The molecule has 4 aromatic rings. The lowest BCUT2D eigenvalue weighted by Gasteiger charge is -2.31. The first kappa shape index (κ1) is 22.3. The van der Waals surface area contributed by atoms with E-state index >= 15 is 0 Å². The Morgan fingerprint density at radius 1 is 0.743 bits per heavy atom. The van der Waals surface area contributed by atoms with Crippen LogP contribution in [0.1, 0.15) is 86.3 Å². The van der Waals surface area contributed by atoms with E-state index in [4.69, 9.17) is 4.98 Å². The molecule has 2 aliphatic rings. The Morgan fingerprint density at radius 2 is 1.49 bits per heavy atom. The highest BCUT2D eigenvalue weighted by molar-refractivity contribution is 5.94. The van der Waals surface area contributed by atoms with Crippen molar-refractivity contribution >= 4 is 0 Å². The van der Waals surface area contributed by atoms with Gasteiger partial charge in [0.05, 0.1) is 11.1 Å². The van der Waals surface area contributed by atoms with E-state index in [9.17, 15) is 0 Å². The number of nitrogens with zero attached hydrogens (tertiary/aromatic N) is 1. The highest BCUT2D eigenvalue weighted by Crippen LogP contribution is 2.62. The van der Waals surface area contributed by atoms with Crippen molar-refractivity contribution in [1.29, 1.82) is 0 Å². The van der Waals surface area contributed by atoms with Crippen molar-refractivity contribution in [3.63, 3.8) is 0 Å². The van der Waals surface area contributed by atoms with Crippen LogP contribution < -0.4 is 0 Å². The van der Waals surface area contributed by atoms with Gasteiger partial charge in [0.1, 0.15) is 0 Å². The average Bonchev–Trinajstić information content (AvgIpc) is 3.35. The Bertz CT molecular complexity index is 1370. The Morgan fingerprint density at radius 3 is 2.29 bits per heavy atom. The predicted octanol–water partition coefficient (Wildman–Crippen LogP) is 8.92. The highest BCUT2D eigenvalue weighted by Gasteiger charge is 2.52. The third-order valence-corrected chi connectivity index (χ3v) is 8.60. The number of pyridine rings is 1. The lowest BCUT2D eigenvalue weighted by atomic mass is 9.70. The molecule has 1 heterocycles. The minimum Gasteiger partial charge on any atom is -0.256 e. The SMILES string of the molecule is CCCC(C)c1ccc2c(c1)C1(c3cc(CC(C)CC)ccc3-2)c2ccccc2-c2ncccc21. The predicted molar refractivity (Wildman–Crippen MR) is 147 cm³/mol. The third kappa shape index (κ3) is 3.17. The maximum atomic E-state index is 4.94. The van der Waals surface area contributed by atoms with Gasteiger partial charge in [0.15, 0.2) is 0 Å². The number of aromatic nitrogens is 1. The molecule has 0 bridgehead atoms. The van der Waals surface area contributed by atoms with Gasteiger partial charge >= 0.3 is 0 Å². The molecule has 3 atom stereocenters. The van der Waals surface area contributed by atoms with Crippen LogP contribution in [0, 0.1) is 5.92 Å². The van der Waals surface area contributed by atoms with Crippen molar-refractivity contribution in [3.05, 3.63) is 112 Å². The maximum Gasteiger partial charge on any atom is 0.0753 e. The van der Waals surface area contributed by atoms with E-state index in [-0.39, 0.29) is 5.41 Å². The van der Waals surface area contributed by atoms with Gasteiger partial charge in [-0.2, -0.15) is 0 Å². The molecule has 0 radical (unpaired) electrons.